The molecule has 5 heteroatoms. The van der Waals surface area contributed by atoms with Crippen LogP contribution in [0, 0.1) is 13.1 Å². The molecule has 0 N–H and O–H groups in total. The molecule has 0 spiro atoms. The highest BCUT2D eigenvalue weighted by atomic mass is 16.4. The normalized spacial score (nSPS) is 11.7. The highest BCUT2D eigenvalue weighted by Crippen LogP contribution is 2.42. The van der Waals surface area contributed by atoms with Gasteiger partial charge in [-0.1, -0.05) is 54.6 Å². The second-order valence-electron chi connectivity index (χ2n) is 10.7. The molecule has 5 nitrogen and oxygen atoms in total. The second-order valence-corrected chi connectivity index (χ2v) is 10.7. The first-order valence-electron chi connectivity index (χ1n) is 13.9. The quantitative estimate of drug-likeness (QED) is 0.201. The summed E-state index contributed by atoms with van der Waals surface area (Å²) in [6.45, 7) is 15.1. The fraction of sp³-hybridized carbons (Fsp3) is 0. The number of hydrogen-bond donors (Lipinski definition) is 0. The van der Waals surface area contributed by atoms with Crippen LogP contribution in [-0.2, 0) is 0 Å². The molecule has 3 heterocycles. The van der Waals surface area contributed by atoms with Gasteiger partial charge in [-0.25, -0.2) is 9.69 Å². The summed E-state index contributed by atoms with van der Waals surface area (Å²) in [6, 6.07) is 38.6. The van der Waals surface area contributed by atoms with E-state index >= 15 is 0 Å². The predicted molar refractivity (Wildman–Crippen MR) is 173 cm³/mol. The van der Waals surface area contributed by atoms with Crippen molar-refractivity contribution in [3.8, 4) is 16.8 Å². The molecule has 0 aliphatic heterocycles. The van der Waals surface area contributed by atoms with Gasteiger partial charge in [0.25, 0.3) is 0 Å². The molecule has 6 aromatic carbocycles. The lowest BCUT2D eigenvalue weighted by atomic mass is 9.99. The number of furan rings is 2. The monoisotopic (exact) mass is 549 g/mol. The molecule has 43 heavy (non-hydrogen) atoms. The Morgan fingerprint density at radius 2 is 1.05 bits per heavy atom. The summed E-state index contributed by atoms with van der Waals surface area (Å²) in [5, 5.41) is 6.12. The Bertz CT molecular complexity index is 2650. The van der Waals surface area contributed by atoms with Gasteiger partial charge < -0.3 is 13.4 Å². The third-order valence-electron chi connectivity index (χ3n) is 8.43. The molecule has 0 fully saturated rings. The first-order valence-corrected chi connectivity index (χ1v) is 13.9. The van der Waals surface area contributed by atoms with Gasteiger partial charge in [0.2, 0.25) is 0 Å². The minimum absolute atomic E-state index is 0.574. The Hall–Kier alpha value is -6.30. The van der Waals surface area contributed by atoms with Gasteiger partial charge in [0.05, 0.1) is 29.9 Å². The highest BCUT2D eigenvalue weighted by Gasteiger charge is 2.19. The predicted octanol–water partition coefficient (Wildman–Crippen LogP) is 11.4. The van der Waals surface area contributed by atoms with Crippen LogP contribution in [0.25, 0.3) is 92.2 Å². The summed E-state index contributed by atoms with van der Waals surface area (Å²) >= 11 is 0. The summed E-state index contributed by atoms with van der Waals surface area (Å²) in [6.07, 6.45) is 0. The van der Waals surface area contributed by atoms with Crippen molar-refractivity contribution in [3.63, 3.8) is 0 Å². The maximum Gasteiger partial charge on any atom is 0.188 e. The fourth-order valence-corrected chi connectivity index (χ4v) is 6.50. The van der Waals surface area contributed by atoms with Gasteiger partial charge in [-0.3, -0.25) is 0 Å². The van der Waals surface area contributed by atoms with E-state index in [-0.39, 0.29) is 0 Å². The molecule has 0 unspecified atom stereocenters. The molecule has 9 rings (SSSR count). The summed E-state index contributed by atoms with van der Waals surface area (Å²) in [5.74, 6) is 0. The van der Waals surface area contributed by atoms with E-state index in [1.807, 2.05) is 36.4 Å². The number of rotatable bonds is 2. The molecule has 0 aliphatic rings. The van der Waals surface area contributed by atoms with E-state index in [1.165, 1.54) is 10.8 Å². The van der Waals surface area contributed by atoms with E-state index < -0.39 is 0 Å². The summed E-state index contributed by atoms with van der Waals surface area (Å²) in [4.78, 5) is 7.34. The van der Waals surface area contributed by atoms with Gasteiger partial charge in [0, 0.05) is 32.3 Å². The topological polar surface area (TPSA) is 39.9 Å². The first-order chi connectivity index (χ1) is 21.2. The van der Waals surface area contributed by atoms with Gasteiger partial charge >= 0.3 is 0 Å². The third-order valence-corrected chi connectivity index (χ3v) is 8.43. The average molecular weight is 550 g/mol. The molecule has 0 bridgehead atoms. The lowest BCUT2D eigenvalue weighted by Crippen LogP contribution is -1.97. The Kier molecular flexibility index (Phi) is 4.68. The van der Waals surface area contributed by atoms with Crippen LogP contribution >= 0.6 is 0 Å². The van der Waals surface area contributed by atoms with E-state index in [4.69, 9.17) is 22.0 Å². The lowest BCUT2D eigenvalue weighted by Gasteiger charge is -2.15. The van der Waals surface area contributed by atoms with Crippen molar-refractivity contribution in [2.24, 2.45) is 0 Å². The van der Waals surface area contributed by atoms with Crippen molar-refractivity contribution < 1.29 is 8.83 Å². The number of aromatic nitrogens is 1. The minimum atomic E-state index is 0.574. The van der Waals surface area contributed by atoms with Crippen LogP contribution in [-0.4, -0.2) is 4.57 Å². The molecule has 198 valence electrons. The van der Waals surface area contributed by atoms with Crippen LogP contribution in [0.2, 0.25) is 0 Å². The van der Waals surface area contributed by atoms with Crippen molar-refractivity contribution in [3.05, 3.63) is 138 Å². The number of hydrogen-bond acceptors (Lipinski definition) is 2. The van der Waals surface area contributed by atoms with E-state index in [1.54, 1.807) is 6.07 Å². The Labute approximate surface area is 245 Å². The summed E-state index contributed by atoms with van der Waals surface area (Å²) in [5.41, 5.74) is 9.19. The molecule has 0 atom stereocenters. The molecular weight excluding hydrogens is 530 g/mol. The van der Waals surface area contributed by atoms with Crippen LogP contribution in [0.4, 0.5) is 11.4 Å². The molecule has 3 aromatic heterocycles. The average Bonchev–Trinajstić information content (AvgIpc) is 3.73. The van der Waals surface area contributed by atoms with Gasteiger partial charge in [-0.15, -0.1) is 0 Å². The maximum atomic E-state index is 7.75. The van der Waals surface area contributed by atoms with Crippen LogP contribution < -0.4 is 0 Å². The SMILES string of the molecule is [C-]#[N+]c1ccc(-n2c3ccccc3c3ccccc32)c(-c2ccc3oc4c(ccc5c6cc([N+]#[C-])ccc6oc54)c3c2)c1. The van der Waals surface area contributed by atoms with Gasteiger partial charge in [0.1, 0.15) is 11.2 Å². The van der Waals surface area contributed by atoms with Crippen LogP contribution in [0.5, 0.6) is 0 Å². The zero-order valence-corrected chi connectivity index (χ0v) is 22.6. The molecule has 0 saturated heterocycles. The molecule has 0 radical (unpaired) electrons. The van der Waals surface area contributed by atoms with E-state index in [0.717, 1.165) is 60.6 Å². The molecule has 0 amide bonds. The molecular formula is C38H19N3O2. The van der Waals surface area contributed by atoms with Crippen molar-refractivity contribution in [1.82, 2.24) is 4.57 Å². The van der Waals surface area contributed by atoms with Gasteiger partial charge in [0.15, 0.2) is 22.5 Å². The number of benzene rings is 6. The van der Waals surface area contributed by atoms with Crippen LogP contribution in [0.1, 0.15) is 0 Å². The van der Waals surface area contributed by atoms with E-state index in [2.05, 4.69) is 87.1 Å². The Balaban J connectivity index is 1.31. The fourth-order valence-electron chi connectivity index (χ4n) is 6.50. The van der Waals surface area contributed by atoms with Crippen LogP contribution in [0.15, 0.2) is 124 Å². The third kappa shape index (κ3) is 3.25. The van der Waals surface area contributed by atoms with Crippen molar-refractivity contribution in [1.29, 1.82) is 0 Å². The maximum absolute atomic E-state index is 7.75. The lowest BCUT2D eigenvalue weighted by molar-refractivity contribution is 0.633. The van der Waals surface area contributed by atoms with Gasteiger partial charge in [-0.05, 0) is 71.8 Å². The minimum Gasteiger partial charge on any atom is -0.452 e. The Morgan fingerprint density at radius 3 is 1.70 bits per heavy atom. The number of nitrogens with zero attached hydrogens (tertiary/aromatic N) is 3. The highest BCUT2D eigenvalue weighted by molar-refractivity contribution is 6.19. The smallest absolute Gasteiger partial charge is 0.188 e. The van der Waals surface area contributed by atoms with Gasteiger partial charge in [-0.2, -0.15) is 0 Å². The summed E-state index contributed by atoms with van der Waals surface area (Å²) < 4.78 is 14.9. The summed E-state index contributed by atoms with van der Waals surface area (Å²) in [7, 11) is 0. The molecule has 0 saturated carbocycles. The second kappa shape index (κ2) is 8.60. The number of fused-ring (bicyclic) bond motifs is 10. The van der Waals surface area contributed by atoms with Crippen molar-refractivity contribution >= 4 is 77.1 Å². The zero-order chi connectivity index (χ0) is 28.7. The van der Waals surface area contributed by atoms with Crippen molar-refractivity contribution in [2.45, 2.75) is 0 Å². The number of para-hydroxylation sites is 2. The molecule has 9 aromatic rings. The standard InChI is InChI=1S/C38H19N3O2/c1-39-23-12-16-34(41-32-9-5-3-7-25(32)26-8-4-6-10-33(26)41)29(20-23)22-11-17-35-30(19-22)27-14-15-28-31-21-24(40-2)13-18-36(31)43-38(28)37(27)42-35/h3-21H. The first kappa shape index (κ1) is 23.4. The van der Waals surface area contributed by atoms with E-state index in [9.17, 15) is 0 Å². The zero-order valence-electron chi connectivity index (χ0n) is 22.6. The largest absolute Gasteiger partial charge is 0.452 e. The Morgan fingerprint density at radius 1 is 0.488 bits per heavy atom. The van der Waals surface area contributed by atoms with E-state index in [0.29, 0.717) is 22.5 Å². The van der Waals surface area contributed by atoms with Crippen LogP contribution in [0.3, 0.4) is 0 Å². The molecule has 0 aliphatic carbocycles. The van der Waals surface area contributed by atoms with Crippen molar-refractivity contribution in [2.75, 3.05) is 0 Å².